The Morgan fingerprint density at radius 3 is 2.42 bits per heavy atom. The molecule has 3 aromatic rings. The van der Waals surface area contributed by atoms with E-state index in [9.17, 15) is 9.90 Å². The zero-order chi connectivity index (χ0) is 22.2. The van der Waals surface area contributed by atoms with Gasteiger partial charge in [-0.05, 0) is 61.0 Å². The fraction of sp³-hybridized carbons (Fsp3) is 0.130. The number of nitrogens with one attached hydrogen (secondary N) is 4. The third-order valence-electron chi connectivity index (χ3n) is 4.49. The normalized spacial score (nSPS) is 11.3. The van der Waals surface area contributed by atoms with E-state index in [1.165, 1.54) is 6.07 Å². The number of nitrogen functional groups attached to an aromatic ring is 1. The molecular weight excluding hydrogens is 394 g/mol. The third kappa shape index (κ3) is 5.66. The van der Waals surface area contributed by atoms with Crippen LogP contribution in [0.4, 0.5) is 11.4 Å². The highest BCUT2D eigenvalue weighted by Gasteiger charge is 2.22. The number of ether oxygens (including phenoxy) is 1. The molecule has 3 rings (SSSR count). The highest BCUT2D eigenvalue weighted by Crippen LogP contribution is 2.31. The van der Waals surface area contributed by atoms with E-state index < -0.39 is 6.04 Å². The molecule has 8 nitrogen and oxygen atoms in total. The van der Waals surface area contributed by atoms with Crippen molar-refractivity contribution in [2.75, 3.05) is 17.3 Å². The Morgan fingerprint density at radius 1 is 1.06 bits per heavy atom. The van der Waals surface area contributed by atoms with E-state index in [4.69, 9.17) is 15.9 Å². The van der Waals surface area contributed by atoms with Gasteiger partial charge in [0.15, 0.2) is 11.5 Å². The summed E-state index contributed by atoms with van der Waals surface area (Å²) in [5, 5.41) is 20.7. The lowest BCUT2D eigenvalue weighted by atomic mass is 10.0. The summed E-state index contributed by atoms with van der Waals surface area (Å²) in [6, 6.07) is 20.1. The van der Waals surface area contributed by atoms with Crippen molar-refractivity contribution in [1.82, 2.24) is 5.43 Å². The molecule has 0 radical (unpaired) electrons. The van der Waals surface area contributed by atoms with Crippen LogP contribution in [0.2, 0.25) is 0 Å². The van der Waals surface area contributed by atoms with Crippen molar-refractivity contribution in [3.8, 4) is 11.5 Å². The van der Waals surface area contributed by atoms with Crippen LogP contribution in [0.5, 0.6) is 11.5 Å². The molecular formula is C23H25N5O3. The smallest absolute Gasteiger partial charge is 0.265 e. The average Bonchev–Trinajstić information content (AvgIpc) is 2.78. The minimum atomic E-state index is -0.792. The summed E-state index contributed by atoms with van der Waals surface area (Å²) in [6.45, 7) is 2.19. The van der Waals surface area contributed by atoms with Gasteiger partial charge in [0.2, 0.25) is 0 Å². The summed E-state index contributed by atoms with van der Waals surface area (Å²) >= 11 is 0. The molecule has 0 spiro atoms. The molecule has 8 heteroatoms. The maximum atomic E-state index is 13.1. The van der Waals surface area contributed by atoms with E-state index in [1.54, 1.807) is 36.4 Å². The van der Waals surface area contributed by atoms with Gasteiger partial charge in [0.1, 0.15) is 11.9 Å². The SMILES string of the molecule is CCOc1cc(C(Nc2ccc(C(=N)N)cc2)C(=O)NNc2ccccc2)ccc1O. The van der Waals surface area contributed by atoms with E-state index in [-0.39, 0.29) is 17.5 Å². The van der Waals surface area contributed by atoms with E-state index >= 15 is 0 Å². The molecule has 7 N–H and O–H groups in total. The molecule has 0 aliphatic carbocycles. The fourth-order valence-electron chi connectivity index (χ4n) is 2.92. The number of para-hydroxylation sites is 1. The Bertz CT molecular complexity index is 1040. The molecule has 0 fully saturated rings. The van der Waals surface area contributed by atoms with Crippen LogP contribution >= 0.6 is 0 Å². The molecule has 3 aromatic carbocycles. The number of anilines is 2. The monoisotopic (exact) mass is 419 g/mol. The Kier molecular flexibility index (Phi) is 6.95. The number of phenols is 1. The Labute approximate surface area is 180 Å². The van der Waals surface area contributed by atoms with E-state index in [2.05, 4.69) is 16.2 Å². The van der Waals surface area contributed by atoms with Crippen LogP contribution in [-0.2, 0) is 4.79 Å². The topological polar surface area (TPSA) is 132 Å². The molecule has 0 saturated heterocycles. The molecule has 31 heavy (non-hydrogen) atoms. The number of phenolic OH excluding ortho intramolecular Hbond substituents is 1. The number of hydrogen-bond donors (Lipinski definition) is 6. The number of amidine groups is 1. The first kappa shape index (κ1) is 21.5. The minimum Gasteiger partial charge on any atom is -0.504 e. The van der Waals surface area contributed by atoms with E-state index in [0.717, 1.165) is 5.69 Å². The molecule has 0 aromatic heterocycles. The molecule has 0 aliphatic heterocycles. The summed E-state index contributed by atoms with van der Waals surface area (Å²) in [4.78, 5) is 13.1. The van der Waals surface area contributed by atoms with Crippen LogP contribution in [0, 0.1) is 5.41 Å². The standard InChI is InChI=1S/C23H25N5O3/c1-2-31-20-14-16(10-13-19(20)29)21(23(30)28-27-18-6-4-3-5-7-18)26-17-11-8-15(9-12-17)22(24)25/h3-14,21,26-27,29H,2H2,1H3,(H3,24,25)(H,28,30). The van der Waals surface area contributed by atoms with Gasteiger partial charge in [-0.25, -0.2) is 0 Å². The fourth-order valence-corrected chi connectivity index (χ4v) is 2.92. The zero-order valence-corrected chi connectivity index (χ0v) is 17.1. The van der Waals surface area contributed by atoms with Crippen LogP contribution in [-0.4, -0.2) is 23.5 Å². The molecule has 0 saturated carbocycles. The number of carbonyl (C=O) groups is 1. The molecule has 0 bridgehead atoms. The van der Waals surface area contributed by atoms with Gasteiger partial charge in [-0.15, -0.1) is 0 Å². The van der Waals surface area contributed by atoms with Crippen molar-refractivity contribution < 1.29 is 14.6 Å². The van der Waals surface area contributed by atoms with Crippen molar-refractivity contribution in [2.45, 2.75) is 13.0 Å². The number of aromatic hydroxyl groups is 1. The second-order valence-corrected chi connectivity index (χ2v) is 6.71. The van der Waals surface area contributed by atoms with Crippen molar-refractivity contribution >= 4 is 23.1 Å². The van der Waals surface area contributed by atoms with Gasteiger partial charge in [-0.3, -0.25) is 21.1 Å². The third-order valence-corrected chi connectivity index (χ3v) is 4.49. The first-order valence-electron chi connectivity index (χ1n) is 9.75. The molecule has 0 heterocycles. The number of hydrogen-bond acceptors (Lipinski definition) is 6. The number of amides is 1. The second-order valence-electron chi connectivity index (χ2n) is 6.71. The molecule has 1 amide bonds. The first-order valence-corrected chi connectivity index (χ1v) is 9.75. The van der Waals surface area contributed by atoms with Crippen LogP contribution in [0.15, 0.2) is 72.8 Å². The summed E-state index contributed by atoms with van der Waals surface area (Å²) in [5.74, 6) is -0.0824. The zero-order valence-electron chi connectivity index (χ0n) is 17.1. The lowest BCUT2D eigenvalue weighted by molar-refractivity contribution is -0.121. The minimum absolute atomic E-state index is 0.00187. The lowest BCUT2D eigenvalue weighted by Gasteiger charge is -2.21. The number of rotatable bonds is 9. The Balaban J connectivity index is 1.86. The van der Waals surface area contributed by atoms with Gasteiger partial charge in [0.25, 0.3) is 5.91 Å². The van der Waals surface area contributed by atoms with Gasteiger partial charge in [0.05, 0.1) is 12.3 Å². The highest BCUT2D eigenvalue weighted by atomic mass is 16.5. The van der Waals surface area contributed by atoms with Crippen LogP contribution in [0.1, 0.15) is 24.1 Å². The predicted molar refractivity (Wildman–Crippen MR) is 121 cm³/mol. The van der Waals surface area contributed by atoms with Gasteiger partial charge < -0.3 is 20.9 Å². The molecule has 1 unspecified atom stereocenters. The molecule has 1 atom stereocenters. The van der Waals surface area contributed by atoms with E-state index in [1.807, 2.05) is 37.3 Å². The molecule has 0 aliphatic rings. The van der Waals surface area contributed by atoms with Crippen molar-refractivity contribution in [3.05, 3.63) is 83.9 Å². The number of nitrogens with two attached hydrogens (primary N) is 1. The average molecular weight is 419 g/mol. The van der Waals surface area contributed by atoms with Gasteiger partial charge in [-0.1, -0.05) is 24.3 Å². The van der Waals surface area contributed by atoms with Gasteiger partial charge in [-0.2, -0.15) is 0 Å². The van der Waals surface area contributed by atoms with Crippen molar-refractivity contribution in [3.63, 3.8) is 0 Å². The Morgan fingerprint density at radius 2 is 1.77 bits per heavy atom. The Hall–Kier alpha value is -4.20. The maximum Gasteiger partial charge on any atom is 0.265 e. The summed E-state index contributed by atoms with van der Waals surface area (Å²) < 4.78 is 5.47. The van der Waals surface area contributed by atoms with Crippen LogP contribution in [0.25, 0.3) is 0 Å². The largest absolute Gasteiger partial charge is 0.504 e. The quantitative estimate of drug-likeness (QED) is 0.179. The van der Waals surface area contributed by atoms with E-state index in [0.29, 0.717) is 29.2 Å². The number of benzene rings is 3. The lowest BCUT2D eigenvalue weighted by Crippen LogP contribution is -2.37. The number of carbonyl (C=O) groups excluding carboxylic acids is 1. The summed E-state index contributed by atoms with van der Waals surface area (Å²) in [5.41, 5.74) is 13.7. The van der Waals surface area contributed by atoms with Crippen LogP contribution in [0.3, 0.4) is 0 Å². The van der Waals surface area contributed by atoms with Crippen molar-refractivity contribution in [2.24, 2.45) is 5.73 Å². The second kappa shape index (κ2) is 10.0. The first-order chi connectivity index (χ1) is 15.0. The van der Waals surface area contributed by atoms with Gasteiger partial charge >= 0.3 is 0 Å². The van der Waals surface area contributed by atoms with Crippen LogP contribution < -0.4 is 26.6 Å². The number of hydrazine groups is 1. The molecule has 160 valence electrons. The van der Waals surface area contributed by atoms with Gasteiger partial charge in [0, 0.05) is 11.3 Å². The maximum absolute atomic E-state index is 13.1. The summed E-state index contributed by atoms with van der Waals surface area (Å²) in [7, 11) is 0. The van der Waals surface area contributed by atoms with Crippen molar-refractivity contribution in [1.29, 1.82) is 5.41 Å². The predicted octanol–water partition coefficient (Wildman–Crippen LogP) is 3.37. The highest BCUT2D eigenvalue weighted by molar-refractivity contribution is 5.95. The summed E-state index contributed by atoms with van der Waals surface area (Å²) in [6.07, 6.45) is 0.